The Labute approximate surface area is 198 Å². The first-order valence-electron chi connectivity index (χ1n) is 10.7. The Morgan fingerprint density at radius 2 is 1.72 bits per heavy atom. The van der Waals surface area contributed by atoms with Gasteiger partial charge in [0.15, 0.2) is 5.16 Å². The molecule has 2 aromatic carbocycles. The molecule has 0 fully saturated rings. The SMILES string of the molecule is CN(CCc1ccccc1)CCN(C)c1ccnc(CSc2nc3ccccc3[nH]2)c1Cl. The van der Waals surface area contributed by atoms with Crippen LogP contribution in [-0.2, 0) is 12.2 Å². The van der Waals surface area contributed by atoms with E-state index >= 15 is 0 Å². The molecule has 0 radical (unpaired) electrons. The number of imidazole rings is 1. The van der Waals surface area contributed by atoms with Crippen LogP contribution in [0.3, 0.4) is 0 Å². The highest BCUT2D eigenvalue weighted by molar-refractivity contribution is 7.98. The van der Waals surface area contributed by atoms with Crippen molar-refractivity contribution in [2.45, 2.75) is 17.3 Å². The van der Waals surface area contributed by atoms with Crippen LogP contribution in [0.15, 0.2) is 72.0 Å². The number of hydrogen-bond donors (Lipinski definition) is 1. The predicted molar refractivity (Wildman–Crippen MR) is 136 cm³/mol. The van der Waals surface area contributed by atoms with Gasteiger partial charge in [0.25, 0.3) is 0 Å². The lowest BCUT2D eigenvalue weighted by Crippen LogP contribution is -2.32. The molecule has 0 unspecified atom stereocenters. The van der Waals surface area contributed by atoms with Gasteiger partial charge in [-0.15, -0.1) is 0 Å². The molecule has 4 aromatic rings. The molecule has 0 amide bonds. The Balaban J connectivity index is 1.31. The summed E-state index contributed by atoms with van der Waals surface area (Å²) in [5.41, 5.74) is 5.27. The summed E-state index contributed by atoms with van der Waals surface area (Å²) in [7, 11) is 4.25. The van der Waals surface area contributed by atoms with Crippen LogP contribution in [0.2, 0.25) is 5.02 Å². The van der Waals surface area contributed by atoms with Crippen LogP contribution in [0.5, 0.6) is 0 Å². The predicted octanol–water partition coefficient (Wildman–Crippen LogP) is 5.51. The maximum Gasteiger partial charge on any atom is 0.166 e. The Morgan fingerprint density at radius 3 is 2.53 bits per heavy atom. The Morgan fingerprint density at radius 1 is 0.938 bits per heavy atom. The van der Waals surface area contributed by atoms with Crippen molar-refractivity contribution in [3.05, 3.63) is 83.1 Å². The zero-order valence-electron chi connectivity index (χ0n) is 18.5. The third-order valence-corrected chi connectivity index (χ3v) is 6.80. The molecular formula is C25H28ClN5S. The third kappa shape index (κ3) is 5.82. The van der Waals surface area contributed by atoms with E-state index in [9.17, 15) is 0 Å². The van der Waals surface area contributed by atoms with Crippen LogP contribution in [0.1, 0.15) is 11.3 Å². The first-order chi connectivity index (χ1) is 15.6. The van der Waals surface area contributed by atoms with Crippen LogP contribution in [0.4, 0.5) is 5.69 Å². The summed E-state index contributed by atoms with van der Waals surface area (Å²) in [5, 5.41) is 1.59. The minimum absolute atomic E-state index is 0.664. The van der Waals surface area contributed by atoms with Crippen LogP contribution in [0.25, 0.3) is 11.0 Å². The Hall–Kier alpha value is -2.54. The van der Waals surface area contributed by atoms with E-state index in [1.165, 1.54) is 5.56 Å². The number of nitrogens with one attached hydrogen (secondary N) is 1. The topological polar surface area (TPSA) is 48.1 Å². The lowest BCUT2D eigenvalue weighted by Gasteiger charge is -2.25. The van der Waals surface area contributed by atoms with Crippen molar-refractivity contribution in [2.24, 2.45) is 0 Å². The van der Waals surface area contributed by atoms with E-state index < -0.39 is 0 Å². The molecule has 2 heterocycles. The van der Waals surface area contributed by atoms with Gasteiger partial charge in [0.05, 0.1) is 27.4 Å². The molecule has 0 atom stereocenters. The number of rotatable bonds is 10. The second kappa shape index (κ2) is 10.9. The lowest BCUT2D eigenvalue weighted by molar-refractivity contribution is 0.346. The summed E-state index contributed by atoms with van der Waals surface area (Å²) >= 11 is 8.36. The van der Waals surface area contributed by atoms with Crippen molar-refractivity contribution in [2.75, 3.05) is 38.6 Å². The van der Waals surface area contributed by atoms with Crippen LogP contribution < -0.4 is 4.90 Å². The molecule has 0 saturated heterocycles. The molecule has 0 bridgehead atoms. The van der Waals surface area contributed by atoms with Gasteiger partial charge in [-0.3, -0.25) is 4.98 Å². The summed E-state index contributed by atoms with van der Waals surface area (Å²) in [6.45, 7) is 2.89. The van der Waals surface area contributed by atoms with Gasteiger partial charge in [-0.05, 0) is 37.2 Å². The highest BCUT2D eigenvalue weighted by Crippen LogP contribution is 2.31. The fraction of sp³-hybridized carbons (Fsp3) is 0.280. The largest absolute Gasteiger partial charge is 0.372 e. The fourth-order valence-corrected chi connectivity index (χ4v) is 4.76. The van der Waals surface area contributed by atoms with E-state index in [0.29, 0.717) is 10.8 Å². The average Bonchev–Trinajstić information content (AvgIpc) is 3.24. The maximum absolute atomic E-state index is 6.74. The standard InChI is InChI=1S/C25H28ClN5S/c1-30(15-13-19-8-4-3-5-9-19)16-17-31(2)23-12-14-27-22(24(23)26)18-32-25-28-20-10-6-7-11-21(20)29-25/h3-12,14H,13,15-18H2,1-2H3,(H,28,29). The van der Waals surface area contributed by atoms with Gasteiger partial charge < -0.3 is 14.8 Å². The number of likely N-dealkylation sites (N-methyl/N-ethyl adjacent to an activating group) is 2. The van der Waals surface area contributed by atoms with Crippen molar-refractivity contribution >= 4 is 40.1 Å². The minimum Gasteiger partial charge on any atom is -0.372 e. The number of pyridine rings is 1. The molecule has 0 aliphatic carbocycles. The molecule has 166 valence electrons. The number of nitrogens with zero attached hydrogens (tertiary/aromatic N) is 4. The Bertz CT molecular complexity index is 1110. The van der Waals surface area contributed by atoms with Gasteiger partial charge >= 0.3 is 0 Å². The third-order valence-electron chi connectivity index (χ3n) is 5.51. The van der Waals surface area contributed by atoms with Crippen molar-refractivity contribution in [3.63, 3.8) is 0 Å². The fourth-order valence-electron chi connectivity index (χ4n) is 3.52. The first kappa shape index (κ1) is 22.6. The van der Waals surface area contributed by atoms with Crippen LogP contribution >= 0.6 is 23.4 Å². The molecular weight excluding hydrogens is 438 g/mol. The molecule has 2 aromatic heterocycles. The van der Waals surface area contributed by atoms with E-state index in [1.807, 2.05) is 36.5 Å². The highest BCUT2D eigenvalue weighted by atomic mass is 35.5. The number of anilines is 1. The molecule has 0 saturated carbocycles. The van der Waals surface area contributed by atoms with Gasteiger partial charge in [-0.2, -0.15) is 0 Å². The summed E-state index contributed by atoms with van der Waals surface area (Å²) in [5.74, 6) is 0.664. The number of para-hydroxylation sites is 2. The number of aromatic nitrogens is 3. The number of benzene rings is 2. The number of halogens is 1. The van der Waals surface area contributed by atoms with Gasteiger partial charge in [-0.25, -0.2) is 4.98 Å². The molecule has 5 nitrogen and oxygen atoms in total. The van der Waals surface area contributed by atoms with E-state index in [0.717, 1.165) is 53.6 Å². The second-order valence-corrected chi connectivity index (χ2v) is 9.24. The average molecular weight is 466 g/mol. The number of thioether (sulfide) groups is 1. The number of H-pyrrole nitrogens is 1. The lowest BCUT2D eigenvalue weighted by atomic mass is 10.1. The molecule has 7 heteroatoms. The normalized spacial score (nSPS) is 11.4. The monoisotopic (exact) mass is 465 g/mol. The van der Waals surface area contributed by atoms with E-state index in [-0.39, 0.29) is 0 Å². The van der Waals surface area contributed by atoms with Gasteiger partial charge in [-0.1, -0.05) is 65.8 Å². The van der Waals surface area contributed by atoms with Crippen molar-refractivity contribution in [1.82, 2.24) is 19.9 Å². The van der Waals surface area contributed by atoms with Crippen molar-refractivity contribution < 1.29 is 0 Å². The van der Waals surface area contributed by atoms with Crippen LogP contribution in [0, 0.1) is 0 Å². The van der Waals surface area contributed by atoms with E-state index in [1.54, 1.807) is 11.8 Å². The maximum atomic E-state index is 6.74. The van der Waals surface area contributed by atoms with Gasteiger partial charge in [0.1, 0.15) is 0 Å². The summed E-state index contributed by atoms with van der Waals surface area (Å²) in [6.07, 6.45) is 2.89. The molecule has 32 heavy (non-hydrogen) atoms. The van der Waals surface area contributed by atoms with E-state index in [4.69, 9.17) is 11.6 Å². The van der Waals surface area contributed by atoms with Crippen molar-refractivity contribution in [3.8, 4) is 0 Å². The number of hydrogen-bond acceptors (Lipinski definition) is 5. The molecule has 4 rings (SSSR count). The van der Waals surface area contributed by atoms with Gasteiger partial charge in [0.2, 0.25) is 0 Å². The second-order valence-electron chi connectivity index (χ2n) is 7.90. The van der Waals surface area contributed by atoms with E-state index in [2.05, 4.69) is 69.2 Å². The summed E-state index contributed by atoms with van der Waals surface area (Å²) in [4.78, 5) is 17.0. The first-order valence-corrected chi connectivity index (χ1v) is 12.1. The summed E-state index contributed by atoms with van der Waals surface area (Å²) in [6, 6.07) is 20.6. The Kier molecular flexibility index (Phi) is 7.68. The van der Waals surface area contributed by atoms with Crippen molar-refractivity contribution in [1.29, 1.82) is 0 Å². The minimum atomic E-state index is 0.664. The quantitative estimate of drug-likeness (QED) is 0.313. The molecule has 0 spiro atoms. The highest BCUT2D eigenvalue weighted by Gasteiger charge is 2.13. The molecule has 0 aliphatic rings. The summed E-state index contributed by atoms with van der Waals surface area (Å²) < 4.78 is 0. The van der Waals surface area contributed by atoms with Crippen LogP contribution in [-0.4, -0.2) is 53.6 Å². The molecule has 1 N–H and O–H groups in total. The number of aromatic amines is 1. The van der Waals surface area contributed by atoms with Gasteiger partial charge in [0, 0.05) is 38.6 Å². The smallest absolute Gasteiger partial charge is 0.166 e. The zero-order valence-corrected chi connectivity index (χ0v) is 20.0. The molecule has 0 aliphatic heterocycles. The zero-order chi connectivity index (χ0) is 22.3. The number of fused-ring (bicyclic) bond motifs is 1.